The Hall–Kier alpha value is -2.89. The third-order valence-electron chi connectivity index (χ3n) is 3.22. The smallest absolute Gasteiger partial charge is 0.356 e. The molecule has 0 saturated carbocycles. The van der Waals surface area contributed by atoms with Gasteiger partial charge in [0, 0.05) is 16.3 Å². The number of pyridine rings is 1. The number of benzene rings is 1. The Morgan fingerprint density at radius 2 is 2.14 bits per heavy atom. The van der Waals surface area contributed by atoms with Crippen LogP contribution >= 0.6 is 0 Å². The zero-order valence-electron chi connectivity index (χ0n) is 11.2. The molecule has 6 nitrogen and oxygen atoms in total. The summed E-state index contributed by atoms with van der Waals surface area (Å²) in [6.45, 7) is 1.97. The van der Waals surface area contributed by atoms with Gasteiger partial charge in [0.25, 0.3) is 0 Å². The van der Waals surface area contributed by atoms with E-state index in [1.807, 2.05) is 0 Å². The fourth-order valence-electron chi connectivity index (χ4n) is 2.35. The Kier molecular flexibility index (Phi) is 3.06. The van der Waals surface area contributed by atoms with Crippen LogP contribution in [0.4, 0.5) is 0 Å². The number of aromatic amines is 1. The number of carbonyl (C=O) groups is 2. The molecule has 3 aromatic rings. The van der Waals surface area contributed by atoms with Crippen LogP contribution in [0.2, 0.25) is 0 Å². The molecule has 106 valence electrons. The average Bonchev–Trinajstić information content (AvgIpc) is 2.84. The van der Waals surface area contributed by atoms with E-state index in [-0.39, 0.29) is 17.9 Å². The van der Waals surface area contributed by atoms with Gasteiger partial charge < -0.3 is 14.8 Å². The molecular formula is C15H12N2O4. The van der Waals surface area contributed by atoms with Crippen molar-refractivity contribution in [2.45, 2.75) is 6.92 Å². The van der Waals surface area contributed by atoms with Gasteiger partial charge in [0.1, 0.15) is 5.69 Å². The maximum absolute atomic E-state index is 11.8. The minimum atomic E-state index is -1.02. The number of ether oxygens (including phenoxy) is 1. The van der Waals surface area contributed by atoms with Gasteiger partial charge in [-0.2, -0.15) is 0 Å². The molecule has 0 radical (unpaired) electrons. The molecule has 21 heavy (non-hydrogen) atoms. The van der Waals surface area contributed by atoms with E-state index in [1.165, 1.54) is 12.3 Å². The summed E-state index contributed by atoms with van der Waals surface area (Å²) >= 11 is 0. The first-order valence-electron chi connectivity index (χ1n) is 6.42. The van der Waals surface area contributed by atoms with Gasteiger partial charge in [-0.1, -0.05) is 6.07 Å². The lowest BCUT2D eigenvalue weighted by molar-refractivity contribution is 0.0519. The minimum absolute atomic E-state index is 0.158. The number of nitrogens with zero attached hydrogens (tertiary/aromatic N) is 1. The quantitative estimate of drug-likeness (QED) is 0.721. The van der Waals surface area contributed by atoms with Crippen molar-refractivity contribution < 1.29 is 19.4 Å². The number of hydrogen-bond donors (Lipinski definition) is 2. The zero-order chi connectivity index (χ0) is 15.0. The van der Waals surface area contributed by atoms with Crippen molar-refractivity contribution in [3.8, 4) is 0 Å². The molecular weight excluding hydrogens is 272 g/mol. The SMILES string of the molecule is CCOC(=O)c1cc2c(cn1)[nH]c1cccc(C(=O)O)c12. The second kappa shape index (κ2) is 4.90. The van der Waals surface area contributed by atoms with Gasteiger partial charge in [0.2, 0.25) is 0 Å². The number of aromatic carboxylic acids is 1. The summed E-state index contributed by atoms with van der Waals surface area (Å²) in [5.74, 6) is -1.54. The number of fused-ring (bicyclic) bond motifs is 3. The summed E-state index contributed by atoms with van der Waals surface area (Å²) in [7, 11) is 0. The number of hydrogen-bond acceptors (Lipinski definition) is 4. The van der Waals surface area contributed by atoms with Gasteiger partial charge in [-0.3, -0.25) is 0 Å². The van der Waals surface area contributed by atoms with Crippen molar-refractivity contribution in [3.05, 3.63) is 41.7 Å². The largest absolute Gasteiger partial charge is 0.478 e. The lowest BCUT2D eigenvalue weighted by Gasteiger charge is -2.01. The third-order valence-corrected chi connectivity index (χ3v) is 3.22. The molecule has 0 saturated heterocycles. The Morgan fingerprint density at radius 1 is 1.33 bits per heavy atom. The monoisotopic (exact) mass is 284 g/mol. The van der Waals surface area contributed by atoms with E-state index in [2.05, 4.69) is 9.97 Å². The van der Waals surface area contributed by atoms with Crippen LogP contribution in [-0.2, 0) is 4.74 Å². The molecule has 0 amide bonds. The number of esters is 1. The third kappa shape index (κ3) is 2.10. The van der Waals surface area contributed by atoms with Gasteiger partial charge in [-0.25, -0.2) is 14.6 Å². The lowest BCUT2D eigenvalue weighted by Crippen LogP contribution is -2.06. The standard InChI is InChI=1S/C15H12N2O4/c1-2-21-15(20)11-6-9-12(7-16-11)17-10-5-3-4-8(13(9)10)14(18)19/h3-7,17H,2H2,1H3,(H,18,19). The lowest BCUT2D eigenvalue weighted by atomic mass is 10.1. The molecule has 0 atom stereocenters. The first kappa shape index (κ1) is 13.1. The zero-order valence-corrected chi connectivity index (χ0v) is 11.2. The van der Waals surface area contributed by atoms with Crippen LogP contribution in [0, 0.1) is 0 Å². The molecule has 0 aliphatic heterocycles. The number of carbonyl (C=O) groups excluding carboxylic acids is 1. The number of carboxylic acids is 1. The molecule has 0 unspecified atom stereocenters. The van der Waals surface area contributed by atoms with Crippen LogP contribution in [0.15, 0.2) is 30.5 Å². The van der Waals surface area contributed by atoms with Crippen molar-refractivity contribution in [1.29, 1.82) is 0 Å². The molecule has 0 aliphatic rings. The number of rotatable bonds is 3. The maximum Gasteiger partial charge on any atom is 0.356 e. The van der Waals surface area contributed by atoms with Crippen LogP contribution in [0.3, 0.4) is 0 Å². The summed E-state index contributed by atoms with van der Waals surface area (Å²) in [4.78, 5) is 30.2. The average molecular weight is 284 g/mol. The van der Waals surface area contributed by atoms with Crippen molar-refractivity contribution in [2.75, 3.05) is 6.61 Å². The molecule has 2 N–H and O–H groups in total. The topological polar surface area (TPSA) is 92.3 Å². The number of nitrogens with one attached hydrogen (secondary N) is 1. The summed E-state index contributed by atoms with van der Waals surface area (Å²) in [6, 6.07) is 6.54. The van der Waals surface area contributed by atoms with E-state index >= 15 is 0 Å². The van der Waals surface area contributed by atoms with E-state index in [0.717, 1.165) is 0 Å². The second-order valence-corrected chi connectivity index (χ2v) is 4.49. The molecule has 0 fully saturated rings. The molecule has 3 rings (SSSR count). The molecule has 0 bridgehead atoms. The number of carboxylic acid groups (broad SMARTS) is 1. The highest BCUT2D eigenvalue weighted by molar-refractivity contribution is 6.16. The highest BCUT2D eigenvalue weighted by Crippen LogP contribution is 2.28. The molecule has 6 heteroatoms. The van der Waals surface area contributed by atoms with Gasteiger partial charge in [-0.15, -0.1) is 0 Å². The van der Waals surface area contributed by atoms with Crippen molar-refractivity contribution in [2.24, 2.45) is 0 Å². The van der Waals surface area contributed by atoms with Crippen LogP contribution in [0.25, 0.3) is 21.8 Å². The normalized spacial score (nSPS) is 10.9. The molecule has 0 aliphatic carbocycles. The molecule has 2 heterocycles. The summed E-state index contributed by atoms with van der Waals surface area (Å²) < 4.78 is 4.92. The first-order valence-corrected chi connectivity index (χ1v) is 6.42. The molecule has 1 aromatic carbocycles. The highest BCUT2D eigenvalue weighted by Gasteiger charge is 2.16. The minimum Gasteiger partial charge on any atom is -0.478 e. The molecule has 2 aromatic heterocycles. The summed E-state index contributed by atoms with van der Waals surface area (Å²) in [5, 5.41) is 10.5. The van der Waals surface area contributed by atoms with Gasteiger partial charge in [0.05, 0.1) is 23.9 Å². The van der Waals surface area contributed by atoms with E-state index in [4.69, 9.17) is 4.74 Å². The fraction of sp³-hybridized carbons (Fsp3) is 0.133. The predicted octanol–water partition coefficient (Wildman–Crippen LogP) is 2.59. The van der Waals surface area contributed by atoms with E-state index in [0.29, 0.717) is 21.8 Å². The molecule has 0 spiro atoms. The Balaban J connectivity index is 2.30. The Bertz CT molecular complexity index is 867. The first-order chi connectivity index (χ1) is 10.1. The van der Waals surface area contributed by atoms with Crippen LogP contribution in [0.1, 0.15) is 27.8 Å². The van der Waals surface area contributed by atoms with Crippen LogP contribution < -0.4 is 0 Å². The predicted molar refractivity (Wildman–Crippen MR) is 76.5 cm³/mol. The van der Waals surface area contributed by atoms with Crippen molar-refractivity contribution >= 4 is 33.7 Å². The van der Waals surface area contributed by atoms with Crippen LogP contribution in [0.5, 0.6) is 0 Å². The number of H-pyrrole nitrogens is 1. The van der Waals surface area contributed by atoms with Crippen molar-refractivity contribution in [1.82, 2.24) is 9.97 Å². The summed E-state index contributed by atoms with van der Waals surface area (Å²) in [5.41, 5.74) is 1.70. The van der Waals surface area contributed by atoms with E-state index in [1.54, 1.807) is 25.1 Å². The van der Waals surface area contributed by atoms with Crippen molar-refractivity contribution in [3.63, 3.8) is 0 Å². The summed E-state index contributed by atoms with van der Waals surface area (Å²) in [6.07, 6.45) is 1.51. The Morgan fingerprint density at radius 3 is 2.86 bits per heavy atom. The van der Waals surface area contributed by atoms with Crippen LogP contribution in [-0.4, -0.2) is 33.6 Å². The second-order valence-electron chi connectivity index (χ2n) is 4.49. The van der Waals surface area contributed by atoms with E-state index < -0.39 is 11.9 Å². The number of aromatic nitrogens is 2. The highest BCUT2D eigenvalue weighted by atomic mass is 16.5. The van der Waals surface area contributed by atoms with Gasteiger partial charge in [-0.05, 0) is 25.1 Å². The Labute approximate surface area is 119 Å². The van der Waals surface area contributed by atoms with Gasteiger partial charge >= 0.3 is 11.9 Å². The fourth-order valence-corrected chi connectivity index (χ4v) is 2.35. The maximum atomic E-state index is 11.8. The van der Waals surface area contributed by atoms with E-state index in [9.17, 15) is 14.7 Å². The van der Waals surface area contributed by atoms with Gasteiger partial charge in [0.15, 0.2) is 0 Å².